The lowest BCUT2D eigenvalue weighted by Gasteiger charge is -2.27. The molecule has 1 aromatic carbocycles. The van der Waals surface area contributed by atoms with Crippen molar-refractivity contribution in [1.82, 2.24) is 9.88 Å². The Morgan fingerprint density at radius 1 is 1.30 bits per heavy atom. The van der Waals surface area contributed by atoms with E-state index in [9.17, 15) is 4.79 Å². The predicted molar refractivity (Wildman–Crippen MR) is 127 cm³/mol. The molecule has 0 bridgehead atoms. The quantitative estimate of drug-likeness (QED) is 0.497. The Balaban J connectivity index is 1.54. The number of aromatic nitrogens is 1. The Morgan fingerprint density at radius 2 is 2.13 bits per heavy atom. The van der Waals surface area contributed by atoms with Crippen molar-refractivity contribution in [2.24, 2.45) is 0 Å². The highest BCUT2D eigenvalue weighted by Gasteiger charge is 2.19. The van der Waals surface area contributed by atoms with Gasteiger partial charge in [-0.25, -0.2) is 4.98 Å². The van der Waals surface area contributed by atoms with Gasteiger partial charge in [-0.2, -0.15) is 0 Å². The lowest BCUT2D eigenvalue weighted by Crippen LogP contribution is -2.39. The molecular weight excluding hydrogens is 414 g/mol. The van der Waals surface area contributed by atoms with E-state index in [-0.39, 0.29) is 5.91 Å². The highest BCUT2D eigenvalue weighted by molar-refractivity contribution is 7.22. The summed E-state index contributed by atoms with van der Waals surface area (Å²) in [7, 11) is 0. The van der Waals surface area contributed by atoms with E-state index in [4.69, 9.17) is 9.72 Å². The molecule has 30 heavy (non-hydrogen) atoms. The molecule has 0 unspecified atom stereocenters. The maximum atomic E-state index is 13.1. The van der Waals surface area contributed by atoms with Crippen molar-refractivity contribution < 1.29 is 9.53 Å². The molecule has 2 aromatic heterocycles. The van der Waals surface area contributed by atoms with Gasteiger partial charge in [-0.05, 0) is 55.0 Å². The number of hydrogen-bond donors (Lipinski definition) is 0. The van der Waals surface area contributed by atoms with Crippen molar-refractivity contribution in [2.45, 2.75) is 20.3 Å². The minimum Gasteiger partial charge on any atom is -0.379 e. The van der Waals surface area contributed by atoms with Gasteiger partial charge in [0.15, 0.2) is 5.13 Å². The van der Waals surface area contributed by atoms with Crippen LogP contribution in [0.2, 0.25) is 0 Å². The van der Waals surface area contributed by atoms with E-state index in [1.54, 1.807) is 28.7 Å². The first-order valence-electron chi connectivity index (χ1n) is 10.3. The smallest absolute Gasteiger partial charge is 0.252 e. The average Bonchev–Trinajstić information content (AvgIpc) is 3.40. The summed E-state index contributed by atoms with van der Waals surface area (Å²) in [6, 6.07) is 8.31. The summed E-state index contributed by atoms with van der Waals surface area (Å²) < 4.78 is 6.57. The summed E-state index contributed by atoms with van der Waals surface area (Å²) in [6.07, 6.45) is 4.47. The summed E-state index contributed by atoms with van der Waals surface area (Å²) >= 11 is 3.23. The minimum atomic E-state index is -0.0150. The molecule has 0 N–H and O–H groups in total. The van der Waals surface area contributed by atoms with Crippen LogP contribution < -0.4 is 4.90 Å². The summed E-state index contributed by atoms with van der Waals surface area (Å²) in [5.41, 5.74) is 3.37. The fourth-order valence-electron chi connectivity index (χ4n) is 3.68. The topological polar surface area (TPSA) is 45.7 Å². The highest BCUT2D eigenvalue weighted by Crippen LogP contribution is 2.32. The maximum absolute atomic E-state index is 13.1. The third kappa shape index (κ3) is 5.16. The Kier molecular flexibility index (Phi) is 6.94. The summed E-state index contributed by atoms with van der Waals surface area (Å²) in [5.74, 6) is -0.0150. The first kappa shape index (κ1) is 21.2. The number of carbonyl (C=O) groups excluding carboxylic acids is 1. The summed E-state index contributed by atoms with van der Waals surface area (Å²) in [6.45, 7) is 9.32. The van der Waals surface area contributed by atoms with Crippen LogP contribution in [0.4, 0.5) is 5.13 Å². The number of amides is 1. The van der Waals surface area contributed by atoms with Crippen LogP contribution >= 0.6 is 22.7 Å². The lowest BCUT2D eigenvalue weighted by atomic mass is 10.1. The molecule has 1 amide bonds. The molecule has 0 aliphatic carbocycles. The van der Waals surface area contributed by atoms with Gasteiger partial charge in [-0.1, -0.05) is 23.5 Å². The zero-order valence-corrected chi connectivity index (χ0v) is 19.1. The average molecular weight is 442 g/mol. The van der Waals surface area contributed by atoms with Crippen LogP contribution in [0.1, 0.15) is 22.4 Å². The van der Waals surface area contributed by atoms with Crippen molar-refractivity contribution in [3.8, 4) is 0 Å². The first-order chi connectivity index (χ1) is 14.6. The first-order valence-corrected chi connectivity index (χ1v) is 12.0. The highest BCUT2D eigenvalue weighted by atomic mass is 32.1. The van der Waals surface area contributed by atoms with E-state index in [1.807, 2.05) is 28.5 Å². The van der Waals surface area contributed by atoms with Crippen LogP contribution in [0, 0.1) is 13.8 Å². The fourth-order valence-corrected chi connectivity index (χ4v) is 5.47. The van der Waals surface area contributed by atoms with Gasteiger partial charge in [0.05, 0.1) is 23.4 Å². The van der Waals surface area contributed by atoms with Crippen LogP contribution in [0.5, 0.6) is 0 Å². The Bertz CT molecular complexity index is 1020. The number of rotatable bonds is 7. The lowest BCUT2D eigenvalue weighted by molar-refractivity contribution is -0.114. The molecule has 0 spiro atoms. The standard InChI is InChI=1S/C23H27N3O2S2/c1-17-15-18(2)22-20(16-17)30-23(24-22)26(9-4-8-25-10-12-28-13-11-25)21(27)7-6-19-5-3-14-29-19/h3,5-7,14-16H,4,8-13H2,1-2H3/b7-6+. The molecule has 5 nitrogen and oxygen atoms in total. The second-order valence-corrected chi connectivity index (χ2v) is 9.56. The largest absolute Gasteiger partial charge is 0.379 e. The molecular formula is C23H27N3O2S2. The van der Waals surface area contributed by atoms with E-state index < -0.39 is 0 Å². The molecule has 0 radical (unpaired) electrons. The number of fused-ring (bicyclic) bond motifs is 1. The van der Waals surface area contributed by atoms with Crippen molar-refractivity contribution in [2.75, 3.05) is 44.3 Å². The van der Waals surface area contributed by atoms with Crippen LogP contribution in [0.3, 0.4) is 0 Å². The zero-order valence-electron chi connectivity index (χ0n) is 17.5. The van der Waals surface area contributed by atoms with Gasteiger partial charge in [-0.15, -0.1) is 11.3 Å². The number of aryl methyl sites for hydroxylation is 2. The number of carbonyl (C=O) groups is 1. The van der Waals surface area contributed by atoms with Gasteiger partial charge in [-0.3, -0.25) is 14.6 Å². The molecule has 1 aliphatic heterocycles. The van der Waals surface area contributed by atoms with Crippen LogP contribution in [0.15, 0.2) is 35.7 Å². The Labute approximate surface area is 185 Å². The van der Waals surface area contributed by atoms with Crippen molar-refractivity contribution in [3.63, 3.8) is 0 Å². The number of ether oxygens (including phenoxy) is 1. The number of morpholine rings is 1. The predicted octanol–water partition coefficient (Wildman–Crippen LogP) is 4.74. The molecule has 4 rings (SSSR count). The second-order valence-electron chi connectivity index (χ2n) is 7.57. The summed E-state index contributed by atoms with van der Waals surface area (Å²) in [5, 5.41) is 2.80. The molecule has 0 atom stereocenters. The Hall–Kier alpha value is -2.06. The third-order valence-electron chi connectivity index (χ3n) is 5.21. The van der Waals surface area contributed by atoms with E-state index in [2.05, 4.69) is 30.9 Å². The summed E-state index contributed by atoms with van der Waals surface area (Å²) in [4.78, 5) is 23.3. The SMILES string of the molecule is Cc1cc(C)c2nc(N(CCCN3CCOCC3)C(=O)/C=C/c3cccs3)sc2c1. The van der Waals surface area contributed by atoms with E-state index in [1.165, 1.54) is 5.56 Å². The van der Waals surface area contributed by atoms with Crippen molar-refractivity contribution in [3.05, 3.63) is 51.7 Å². The number of benzene rings is 1. The zero-order chi connectivity index (χ0) is 20.9. The van der Waals surface area contributed by atoms with Crippen LogP contribution in [-0.4, -0.2) is 55.2 Å². The molecule has 3 aromatic rings. The molecule has 1 aliphatic rings. The number of anilines is 1. The normalized spacial score (nSPS) is 15.3. The monoisotopic (exact) mass is 441 g/mol. The number of hydrogen-bond acceptors (Lipinski definition) is 6. The molecule has 0 saturated carbocycles. The second kappa shape index (κ2) is 9.83. The minimum absolute atomic E-state index is 0.0150. The number of nitrogens with zero attached hydrogens (tertiary/aromatic N) is 3. The van der Waals surface area contributed by atoms with Gasteiger partial charge in [0, 0.05) is 37.1 Å². The molecule has 158 valence electrons. The number of thiophene rings is 1. The van der Waals surface area contributed by atoms with Gasteiger partial charge >= 0.3 is 0 Å². The number of thiazole rings is 1. The van der Waals surface area contributed by atoms with Crippen LogP contribution in [-0.2, 0) is 9.53 Å². The van der Waals surface area contributed by atoms with Crippen LogP contribution in [0.25, 0.3) is 16.3 Å². The third-order valence-corrected chi connectivity index (χ3v) is 7.07. The van der Waals surface area contributed by atoms with Gasteiger partial charge < -0.3 is 4.74 Å². The van der Waals surface area contributed by atoms with Crippen molar-refractivity contribution in [1.29, 1.82) is 0 Å². The van der Waals surface area contributed by atoms with Gasteiger partial charge in [0.1, 0.15) is 0 Å². The maximum Gasteiger partial charge on any atom is 0.252 e. The molecule has 7 heteroatoms. The Morgan fingerprint density at radius 3 is 2.90 bits per heavy atom. The molecule has 3 heterocycles. The van der Waals surface area contributed by atoms with Crippen molar-refractivity contribution >= 4 is 50.0 Å². The molecule has 1 saturated heterocycles. The molecule has 1 fully saturated rings. The fraction of sp³-hybridized carbons (Fsp3) is 0.391. The van der Waals surface area contributed by atoms with E-state index >= 15 is 0 Å². The van der Waals surface area contributed by atoms with Gasteiger partial charge in [0.2, 0.25) is 0 Å². The van der Waals surface area contributed by atoms with E-state index in [0.717, 1.165) is 65.1 Å². The van der Waals surface area contributed by atoms with E-state index in [0.29, 0.717) is 6.54 Å². The van der Waals surface area contributed by atoms with Gasteiger partial charge in [0.25, 0.3) is 5.91 Å².